The molecule has 0 saturated heterocycles. The van der Waals surface area contributed by atoms with Gasteiger partial charge in [-0.3, -0.25) is 10.1 Å². The number of hydrogen-bond donors (Lipinski definition) is 1. The maximum atomic E-state index is 10.7. The number of nitrogens with zero attached hydrogens (tertiary/aromatic N) is 1. The maximum absolute atomic E-state index is 10.7. The van der Waals surface area contributed by atoms with Crippen LogP contribution in [0.2, 0.25) is 5.02 Å². The van der Waals surface area contributed by atoms with Crippen LogP contribution >= 0.6 is 11.6 Å². The van der Waals surface area contributed by atoms with Crippen molar-refractivity contribution < 1.29 is 14.8 Å². The number of hydrogen-bond acceptors (Lipinski definition) is 3. The average molecular weight is 242 g/mol. The van der Waals surface area contributed by atoms with Gasteiger partial charge in [-0.15, -0.1) is 0 Å². The van der Waals surface area contributed by atoms with Crippen LogP contribution in [0.3, 0.4) is 0 Å². The Balaban J connectivity index is 3.30. The second kappa shape index (κ2) is 4.76. The summed E-state index contributed by atoms with van der Waals surface area (Å²) in [6, 6.07) is 2.68. The minimum atomic E-state index is -1.18. The molecule has 1 aromatic rings. The number of rotatable bonds is 3. The summed E-state index contributed by atoms with van der Waals surface area (Å²) < 4.78 is 0. The van der Waals surface area contributed by atoms with Gasteiger partial charge in [0.15, 0.2) is 0 Å². The maximum Gasteiger partial charge on any atom is 0.328 e. The van der Waals surface area contributed by atoms with Gasteiger partial charge < -0.3 is 5.11 Å². The van der Waals surface area contributed by atoms with Crippen LogP contribution in [0.15, 0.2) is 18.2 Å². The normalized spacial score (nSPS) is 10.6. The van der Waals surface area contributed by atoms with Gasteiger partial charge in [-0.05, 0) is 24.6 Å². The van der Waals surface area contributed by atoms with Crippen molar-refractivity contribution in [3.8, 4) is 0 Å². The minimum Gasteiger partial charge on any atom is -0.478 e. The first kappa shape index (κ1) is 12.2. The molecule has 0 amide bonds. The first-order valence-electron chi connectivity index (χ1n) is 4.27. The van der Waals surface area contributed by atoms with Crippen LogP contribution < -0.4 is 0 Å². The Morgan fingerprint density at radius 1 is 1.56 bits per heavy atom. The Kier molecular flexibility index (Phi) is 3.63. The van der Waals surface area contributed by atoms with Crippen LogP contribution in [0, 0.1) is 17.0 Å². The Labute approximate surface area is 96.1 Å². The molecule has 84 valence electrons. The van der Waals surface area contributed by atoms with Crippen LogP contribution in [0.1, 0.15) is 11.1 Å². The molecule has 0 fully saturated rings. The van der Waals surface area contributed by atoms with Gasteiger partial charge >= 0.3 is 5.97 Å². The molecule has 0 spiro atoms. The summed E-state index contributed by atoms with van der Waals surface area (Å²) in [4.78, 5) is 20.4. The van der Waals surface area contributed by atoms with Crippen LogP contribution in [-0.2, 0) is 4.79 Å². The Morgan fingerprint density at radius 3 is 2.69 bits per heavy atom. The van der Waals surface area contributed by atoms with Gasteiger partial charge in [-0.2, -0.15) is 0 Å². The third kappa shape index (κ3) is 2.80. The van der Waals surface area contributed by atoms with Crippen molar-refractivity contribution in [2.24, 2.45) is 0 Å². The van der Waals surface area contributed by atoms with E-state index in [2.05, 4.69) is 0 Å². The number of carbonyl (C=O) groups is 1. The van der Waals surface area contributed by atoms with E-state index in [-0.39, 0.29) is 11.3 Å². The van der Waals surface area contributed by atoms with Crippen molar-refractivity contribution in [3.05, 3.63) is 44.5 Å². The van der Waals surface area contributed by atoms with Crippen LogP contribution in [0.25, 0.3) is 6.08 Å². The molecule has 16 heavy (non-hydrogen) atoms. The minimum absolute atomic E-state index is 0.167. The van der Waals surface area contributed by atoms with E-state index in [4.69, 9.17) is 16.7 Å². The molecule has 1 aromatic carbocycles. The van der Waals surface area contributed by atoms with E-state index < -0.39 is 10.9 Å². The van der Waals surface area contributed by atoms with Gasteiger partial charge in [-0.1, -0.05) is 11.6 Å². The Morgan fingerprint density at radius 2 is 2.19 bits per heavy atom. The van der Waals surface area contributed by atoms with E-state index in [0.29, 0.717) is 10.6 Å². The van der Waals surface area contributed by atoms with Gasteiger partial charge in [-0.25, -0.2) is 4.79 Å². The lowest BCUT2D eigenvalue weighted by Crippen LogP contribution is -1.94. The van der Waals surface area contributed by atoms with Crippen molar-refractivity contribution in [2.45, 2.75) is 6.92 Å². The summed E-state index contributed by atoms with van der Waals surface area (Å²) in [5.41, 5.74) is 0.572. The highest BCUT2D eigenvalue weighted by Crippen LogP contribution is 2.27. The molecule has 0 radical (unpaired) electrons. The molecule has 0 bridgehead atoms. The smallest absolute Gasteiger partial charge is 0.328 e. The first-order valence-corrected chi connectivity index (χ1v) is 4.65. The number of carboxylic acids is 1. The van der Waals surface area contributed by atoms with Crippen molar-refractivity contribution in [2.75, 3.05) is 0 Å². The van der Waals surface area contributed by atoms with Gasteiger partial charge in [0, 0.05) is 17.2 Å². The number of halogens is 1. The van der Waals surface area contributed by atoms with Gasteiger partial charge in [0.1, 0.15) is 0 Å². The fourth-order valence-corrected chi connectivity index (χ4v) is 1.31. The number of nitro groups is 1. The zero-order valence-corrected chi connectivity index (χ0v) is 9.06. The number of nitro benzene ring substituents is 1. The van der Waals surface area contributed by atoms with Gasteiger partial charge in [0.2, 0.25) is 0 Å². The molecule has 0 heterocycles. The summed E-state index contributed by atoms with van der Waals surface area (Å²) in [6.07, 6.45) is 1.97. The molecular weight excluding hydrogens is 234 g/mol. The molecule has 0 aliphatic carbocycles. The number of aryl methyl sites for hydroxylation is 1. The molecule has 0 aliphatic heterocycles. The molecular formula is C10H8ClNO4. The fourth-order valence-electron chi connectivity index (χ4n) is 1.13. The molecule has 0 aromatic heterocycles. The zero-order chi connectivity index (χ0) is 12.3. The van der Waals surface area contributed by atoms with Crippen molar-refractivity contribution in [3.63, 3.8) is 0 Å². The third-order valence-corrected chi connectivity index (χ3v) is 2.32. The summed E-state index contributed by atoms with van der Waals surface area (Å²) in [5, 5.41) is 19.5. The average Bonchev–Trinajstić information content (AvgIpc) is 2.18. The highest BCUT2D eigenvalue weighted by molar-refractivity contribution is 6.31. The first-order chi connectivity index (χ1) is 7.41. The highest BCUT2D eigenvalue weighted by atomic mass is 35.5. The number of benzene rings is 1. The lowest BCUT2D eigenvalue weighted by Gasteiger charge is -2.01. The second-order valence-corrected chi connectivity index (χ2v) is 3.50. The molecule has 0 saturated carbocycles. The van der Waals surface area contributed by atoms with Crippen molar-refractivity contribution >= 4 is 29.3 Å². The zero-order valence-electron chi connectivity index (χ0n) is 8.31. The summed E-state index contributed by atoms with van der Waals surface area (Å²) >= 11 is 5.80. The summed E-state index contributed by atoms with van der Waals surface area (Å²) in [5.74, 6) is -1.18. The predicted molar refractivity (Wildman–Crippen MR) is 59.5 cm³/mol. The Hall–Kier alpha value is -1.88. The van der Waals surface area contributed by atoms with E-state index in [9.17, 15) is 14.9 Å². The largest absolute Gasteiger partial charge is 0.478 e. The van der Waals surface area contributed by atoms with E-state index in [1.54, 1.807) is 6.92 Å². The molecule has 0 atom stereocenters. The quantitative estimate of drug-likeness (QED) is 0.501. The molecule has 1 rings (SSSR count). The van der Waals surface area contributed by atoms with Crippen LogP contribution in [0.4, 0.5) is 5.69 Å². The third-order valence-electron chi connectivity index (χ3n) is 1.91. The van der Waals surface area contributed by atoms with E-state index in [1.807, 2.05) is 0 Å². The molecule has 0 unspecified atom stereocenters. The van der Waals surface area contributed by atoms with E-state index in [0.717, 1.165) is 12.2 Å². The van der Waals surface area contributed by atoms with E-state index >= 15 is 0 Å². The Bertz CT molecular complexity index is 482. The molecule has 6 heteroatoms. The number of aliphatic carboxylic acids is 1. The van der Waals surface area contributed by atoms with E-state index in [1.165, 1.54) is 12.1 Å². The van der Waals surface area contributed by atoms with Crippen LogP contribution in [0.5, 0.6) is 0 Å². The summed E-state index contributed by atoms with van der Waals surface area (Å²) in [7, 11) is 0. The lowest BCUT2D eigenvalue weighted by molar-refractivity contribution is -0.385. The van der Waals surface area contributed by atoms with Crippen LogP contribution in [-0.4, -0.2) is 16.0 Å². The van der Waals surface area contributed by atoms with Gasteiger partial charge in [0.25, 0.3) is 5.69 Å². The monoisotopic (exact) mass is 241 g/mol. The highest BCUT2D eigenvalue weighted by Gasteiger charge is 2.14. The second-order valence-electron chi connectivity index (χ2n) is 3.09. The SMILES string of the molecule is Cc1cc([N+](=O)[O-])c(/C=C/C(=O)O)cc1Cl. The standard InChI is InChI=1S/C10H8ClNO4/c1-6-4-9(12(15)16)7(5-8(6)11)2-3-10(13)14/h2-5H,1H3,(H,13,14)/b3-2+. The molecule has 0 aliphatic rings. The van der Waals surface area contributed by atoms with Crippen molar-refractivity contribution in [1.29, 1.82) is 0 Å². The fraction of sp³-hybridized carbons (Fsp3) is 0.100. The predicted octanol–water partition coefficient (Wildman–Crippen LogP) is 2.65. The molecule has 1 N–H and O–H groups in total. The molecule has 5 nitrogen and oxygen atoms in total. The number of carboxylic acid groups (broad SMARTS) is 1. The summed E-state index contributed by atoms with van der Waals surface area (Å²) in [6.45, 7) is 1.64. The lowest BCUT2D eigenvalue weighted by atomic mass is 10.1. The topological polar surface area (TPSA) is 80.4 Å². The van der Waals surface area contributed by atoms with Crippen molar-refractivity contribution in [1.82, 2.24) is 0 Å². The van der Waals surface area contributed by atoms with Gasteiger partial charge in [0.05, 0.1) is 10.5 Å².